The molecule has 0 bridgehead atoms. The molecule has 3 aromatic rings. The maximum Gasteiger partial charge on any atom is 0.343 e. The molecule has 0 fully saturated rings. The molecule has 0 saturated heterocycles. The second-order valence-electron chi connectivity index (χ2n) is 7.14. The molecule has 0 aromatic heterocycles. The van der Waals surface area contributed by atoms with Gasteiger partial charge in [0.2, 0.25) is 5.91 Å². The van der Waals surface area contributed by atoms with Crippen LogP contribution in [0, 0.1) is 0 Å². The number of hydrogen-bond acceptors (Lipinski definition) is 3. The lowest BCUT2D eigenvalue weighted by Crippen LogP contribution is -2.25. The van der Waals surface area contributed by atoms with Crippen LogP contribution in [-0.4, -0.2) is 18.4 Å². The van der Waals surface area contributed by atoms with E-state index in [1.54, 1.807) is 25.1 Å². The lowest BCUT2D eigenvalue weighted by atomic mass is 10.00. The van der Waals surface area contributed by atoms with Gasteiger partial charge in [0, 0.05) is 12.1 Å². The van der Waals surface area contributed by atoms with E-state index in [0.717, 1.165) is 16.7 Å². The summed E-state index contributed by atoms with van der Waals surface area (Å²) in [5, 5.41) is 2.80. The highest BCUT2D eigenvalue weighted by Crippen LogP contribution is 2.19. The Labute approximate surface area is 177 Å². The molecule has 0 radical (unpaired) electrons. The van der Waals surface area contributed by atoms with Crippen LogP contribution in [0.25, 0.3) is 0 Å². The molecule has 0 spiro atoms. The number of ether oxygens (including phenoxy) is 1. The lowest BCUT2D eigenvalue weighted by Gasteiger charge is -2.10. The van der Waals surface area contributed by atoms with Gasteiger partial charge in [0.15, 0.2) is 0 Å². The molecule has 1 amide bonds. The van der Waals surface area contributed by atoms with Crippen LogP contribution in [-0.2, 0) is 17.6 Å². The van der Waals surface area contributed by atoms with Crippen molar-refractivity contribution in [2.24, 2.45) is 0 Å². The van der Waals surface area contributed by atoms with E-state index in [-0.39, 0.29) is 11.9 Å². The Morgan fingerprint density at radius 2 is 1.53 bits per heavy atom. The van der Waals surface area contributed by atoms with Crippen molar-refractivity contribution in [3.8, 4) is 5.75 Å². The molecule has 0 heterocycles. The maximum absolute atomic E-state index is 12.7. The van der Waals surface area contributed by atoms with Crippen molar-refractivity contribution < 1.29 is 14.3 Å². The van der Waals surface area contributed by atoms with Crippen LogP contribution in [0.2, 0.25) is 0 Å². The first-order valence-electron chi connectivity index (χ1n) is 9.89. The summed E-state index contributed by atoms with van der Waals surface area (Å²) >= 11 is 0. The number of rotatable bonds is 8. The summed E-state index contributed by atoms with van der Waals surface area (Å²) in [5.41, 5.74) is 4.17. The molecular weight excluding hydrogens is 374 g/mol. The Kier molecular flexibility index (Phi) is 7.17. The molecular formula is C26H25NO3. The Balaban J connectivity index is 1.61. The van der Waals surface area contributed by atoms with E-state index >= 15 is 0 Å². The van der Waals surface area contributed by atoms with E-state index in [0.29, 0.717) is 36.3 Å². The van der Waals surface area contributed by atoms with Crippen LogP contribution in [0.3, 0.4) is 0 Å². The smallest absolute Gasteiger partial charge is 0.343 e. The molecule has 1 N–H and O–H groups in total. The molecule has 0 aliphatic carbocycles. The number of esters is 1. The fraction of sp³-hybridized carbons (Fsp3) is 0.154. The molecule has 0 aliphatic rings. The molecule has 4 nitrogen and oxygen atoms in total. The summed E-state index contributed by atoms with van der Waals surface area (Å²) in [4.78, 5) is 24.3. The second-order valence-corrected chi connectivity index (χ2v) is 7.14. The van der Waals surface area contributed by atoms with Crippen molar-refractivity contribution in [3.63, 3.8) is 0 Å². The third-order valence-corrected chi connectivity index (χ3v) is 4.70. The third kappa shape index (κ3) is 5.92. The number of carbonyl (C=O) groups excluding carboxylic acids is 2. The van der Waals surface area contributed by atoms with Gasteiger partial charge in [-0.1, -0.05) is 67.2 Å². The maximum atomic E-state index is 12.7. The standard InChI is InChI=1S/C26H25NO3/c1-19(2)25(28)27-17-16-20-12-14-23(15-13-20)30-26(29)24-11-7-6-10-22(24)18-21-8-4-3-5-9-21/h3-15H,1,16-18H2,2H3,(H,27,28). The highest BCUT2D eigenvalue weighted by Gasteiger charge is 2.14. The predicted octanol–water partition coefficient (Wildman–Crippen LogP) is 4.73. The third-order valence-electron chi connectivity index (χ3n) is 4.70. The zero-order valence-electron chi connectivity index (χ0n) is 17.1. The van der Waals surface area contributed by atoms with Crippen molar-refractivity contribution in [2.45, 2.75) is 19.8 Å². The van der Waals surface area contributed by atoms with Crippen LogP contribution in [0.4, 0.5) is 0 Å². The van der Waals surface area contributed by atoms with Crippen molar-refractivity contribution in [3.05, 3.63) is 113 Å². The number of nitrogens with one attached hydrogen (secondary N) is 1. The minimum Gasteiger partial charge on any atom is -0.423 e. The Morgan fingerprint density at radius 1 is 0.867 bits per heavy atom. The molecule has 4 heteroatoms. The Hall–Kier alpha value is -3.66. The highest BCUT2D eigenvalue weighted by atomic mass is 16.5. The molecule has 3 aromatic carbocycles. The van der Waals surface area contributed by atoms with Gasteiger partial charge < -0.3 is 10.1 Å². The van der Waals surface area contributed by atoms with E-state index in [2.05, 4.69) is 11.9 Å². The highest BCUT2D eigenvalue weighted by molar-refractivity contribution is 5.93. The van der Waals surface area contributed by atoms with Gasteiger partial charge in [0.1, 0.15) is 5.75 Å². The van der Waals surface area contributed by atoms with E-state index in [9.17, 15) is 9.59 Å². The summed E-state index contributed by atoms with van der Waals surface area (Å²) in [6.45, 7) is 5.82. The summed E-state index contributed by atoms with van der Waals surface area (Å²) in [6.07, 6.45) is 1.36. The summed E-state index contributed by atoms with van der Waals surface area (Å²) in [6, 6.07) is 24.9. The van der Waals surface area contributed by atoms with Crippen LogP contribution >= 0.6 is 0 Å². The predicted molar refractivity (Wildman–Crippen MR) is 119 cm³/mol. The molecule has 3 rings (SSSR count). The van der Waals surface area contributed by atoms with Crippen LogP contribution in [0.5, 0.6) is 5.75 Å². The summed E-state index contributed by atoms with van der Waals surface area (Å²) in [7, 11) is 0. The normalized spacial score (nSPS) is 10.3. The Morgan fingerprint density at radius 3 is 2.23 bits per heavy atom. The number of amides is 1. The topological polar surface area (TPSA) is 55.4 Å². The largest absolute Gasteiger partial charge is 0.423 e. The first-order valence-corrected chi connectivity index (χ1v) is 9.89. The number of benzene rings is 3. The Bertz CT molecular complexity index is 1020. The zero-order chi connectivity index (χ0) is 21.3. The monoisotopic (exact) mass is 399 g/mol. The van der Waals surface area contributed by atoms with Crippen molar-refractivity contribution in [2.75, 3.05) is 6.54 Å². The molecule has 0 unspecified atom stereocenters. The molecule has 0 atom stereocenters. The van der Waals surface area contributed by atoms with Crippen LogP contribution < -0.4 is 10.1 Å². The number of carbonyl (C=O) groups is 2. The van der Waals surface area contributed by atoms with Crippen molar-refractivity contribution in [1.29, 1.82) is 0 Å². The first kappa shape index (κ1) is 21.1. The van der Waals surface area contributed by atoms with E-state index in [4.69, 9.17) is 4.74 Å². The minimum atomic E-state index is -0.372. The van der Waals surface area contributed by atoms with Crippen LogP contribution in [0.1, 0.15) is 34.0 Å². The van der Waals surface area contributed by atoms with Gasteiger partial charge in [-0.2, -0.15) is 0 Å². The quantitative estimate of drug-likeness (QED) is 0.338. The van der Waals surface area contributed by atoms with Crippen molar-refractivity contribution in [1.82, 2.24) is 5.32 Å². The summed E-state index contributed by atoms with van der Waals surface area (Å²) < 4.78 is 5.59. The average Bonchev–Trinajstić information content (AvgIpc) is 2.76. The van der Waals surface area contributed by atoms with E-state index < -0.39 is 0 Å². The van der Waals surface area contributed by atoms with E-state index in [1.807, 2.05) is 60.7 Å². The van der Waals surface area contributed by atoms with E-state index in [1.165, 1.54) is 0 Å². The second kappa shape index (κ2) is 10.2. The SMILES string of the molecule is C=C(C)C(=O)NCCc1ccc(OC(=O)c2ccccc2Cc2ccccc2)cc1. The summed E-state index contributed by atoms with van der Waals surface area (Å²) in [5.74, 6) is -0.0260. The lowest BCUT2D eigenvalue weighted by molar-refractivity contribution is -0.117. The first-order chi connectivity index (χ1) is 14.5. The fourth-order valence-corrected chi connectivity index (χ4v) is 3.05. The van der Waals surface area contributed by atoms with Crippen LogP contribution in [0.15, 0.2) is 91.0 Å². The molecule has 30 heavy (non-hydrogen) atoms. The molecule has 0 saturated carbocycles. The molecule has 0 aliphatic heterocycles. The van der Waals surface area contributed by atoms with Gasteiger partial charge in [-0.05, 0) is 54.7 Å². The van der Waals surface area contributed by atoms with Crippen molar-refractivity contribution >= 4 is 11.9 Å². The molecule has 152 valence electrons. The minimum absolute atomic E-state index is 0.144. The van der Waals surface area contributed by atoms with Gasteiger partial charge in [0.05, 0.1) is 5.56 Å². The van der Waals surface area contributed by atoms with Gasteiger partial charge in [-0.3, -0.25) is 4.79 Å². The van der Waals surface area contributed by atoms with Gasteiger partial charge >= 0.3 is 5.97 Å². The van der Waals surface area contributed by atoms with Gasteiger partial charge in [-0.15, -0.1) is 0 Å². The fourth-order valence-electron chi connectivity index (χ4n) is 3.05. The van der Waals surface area contributed by atoms with Gasteiger partial charge in [0.25, 0.3) is 0 Å². The number of hydrogen-bond donors (Lipinski definition) is 1. The average molecular weight is 399 g/mol. The zero-order valence-corrected chi connectivity index (χ0v) is 17.1. The van der Waals surface area contributed by atoms with Gasteiger partial charge in [-0.25, -0.2) is 4.79 Å².